The first-order valence-electron chi connectivity index (χ1n) is 43.1. The number of nitrogens with one attached hydrogen (secondary N) is 10. The fourth-order valence-electron chi connectivity index (χ4n) is 15.3. The number of hydrogen-bond acceptors (Lipinski definition) is 19. The molecule has 130 heavy (non-hydrogen) atoms. The Morgan fingerprint density at radius 1 is 0.462 bits per heavy atom. The van der Waals surface area contributed by atoms with Gasteiger partial charge in [0.1, 0.15) is 78.0 Å². The molecule has 2 heterocycles. The molecule has 0 unspecified atom stereocenters. The van der Waals surface area contributed by atoms with Crippen LogP contribution in [0.1, 0.15) is 113 Å². The van der Waals surface area contributed by atoms with Crippen molar-refractivity contribution in [1.82, 2.24) is 77.3 Å². The van der Waals surface area contributed by atoms with Crippen molar-refractivity contribution in [3.8, 4) is 11.5 Å². The van der Waals surface area contributed by atoms with Gasteiger partial charge in [-0.15, -0.1) is 11.8 Å². The highest BCUT2D eigenvalue weighted by atomic mass is 32.2. The van der Waals surface area contributed by atoms with Gasteiger partial charge in [0, 0.05) is 96.1 Å². The zero-order chi connectivity index (χ0) is 95.2. The van der Waals surface area contributed by atoms with E-state index in [1.807, 2.05) is 6.92 Å². The van der Waals surface area contributed by atoms with Crippen LogP contribution in [0.15, 0.2) is 170 Å². The van der Waals surface area contributed by atoms with Crippen LogP contribution in [0.4, 0.5) is 0 Å². The van der Waals surface area contributed by atoms with Gasteiger partial charge in [-0.1, -0.05) is 188 Å². The van der Waals surface area contributed by atoms with E-state index in [0.717, 1.165) is 26.5 Å². The number of amides is 15. The number of carbonyl (C=O) groups excluding carboxylic acids is 15. The largest absolute Gasteiger partial charge is 0.508 e. The highest BCUT2D eigenvalue weighted by molar-refractivity contribution is 8.00. The maximum Gasteiger partial charge on any atom is 0.305 e. The molecule has 0 bridgehead atoms. The lowest BCUT2D eigenvalue weighted by Gasteiger charge is -2.37. The molecule has 6 aromatic carbocycles. The number of phenols is 2. The molecule has 1 aliphatic heterocycles. The molecule has 1 fully saturated rings. The Morgan fingerprint density at radius 2 is 0.923 bits per heavy atom. The third-order valence-corrected chi connectivity index (χ3v) is 23.6. The maximum atomic E-state index is 15.6. The molecule has 15 amide bonds. The van der Waals surface area contributed by atoms with Crippen molar-refractivity contribution >= 4 is 117 Å². The number of nitrogens with two attached hydrogens (primary N) is 1. The highest BCUT2D eigenvalue weighted by Crippen LogP contribution is 2.30. The number of aromatic amines is 1. The van der Waals surface area contributed by atoms with Crippen LogP contribution in [0.5, 0.6) is 11.5 Å². The van der Waals surface area contributed by atoms with Crippen LogP contribution >= 0.6 is 11.8 Å². The number of carbonyl (C=O) groups is 16. The minimum atomic E-state index is -1.91. The van der Waals surface area contributed by atoms with E-state index >= 15 is 47.9 Å². The van der Waals surface area contributed by atoms with Gasteiger partial charge in [0.05, 0.1) is 31.8 Å². The predicted molar refractivity (Wildman–Crippen MR) is 487 cm³/mol. The second-order valence-corrected chi connectivity index (χ2v) is 34.5. The summed E-state index contributed by atoms with van der Waals surface area (Å²) < 4.78 is 0. The minimum absolute atomic E-state index is 0.0294. The number of fused-ring (bicyclic) bond motifs is 1. The maximum absolute atomic E-state index is 15.6. The summed E-state index contributed by atoms with van der Waals surface area (Å²) >= 11 is 0.829. The van der Waals surface area contributed by atoms with Crippen LogP contribution in [0.2, 0.25) is 0 Å². The first-order valence-corrected chi connectivity index (χ1v) is 44.3. The van der Waals surface area contributed by atoms with Crippen LogP contribution in [0, 0.1) is 11.8 Å². The number of primary amides is 1. The van der Waals surface area contributed by atoms with Gasteiger partial charge >= 0.3 is 5.97 Å². The minimum Gasteiger partial charge on any atom is -0.508 e. The number of aromatic nitrogens is 1. The summed E-state index contributed by atoms with van der Waals surface area (Å²) in [5, 5.41) is 55.8. The Labute approximate surface area is 759 Å². The topological polar surface area (TPSA) is 500 Å². The lowest BCUT2D eigenvalue weighted by molar-refractivity contribution is -0.151. The SMILES string of the molecule is CCCC[C@H]1C(=O)N(C)CC(=O)N[C@@H](CC(=O)O)C(=O)N[C@@H](C(C)C)C(=O)N(C)[C@@H](Cc2ccccc2)C(=O)N[C@@H](Cc2ccc(O)cc2)C(=O)N(C)CC(=O)N[C@@H]([C@@H](C)c2c[nH]c3ccccc23)C(=O)N[C@@H](Cc2ccc(O)cc2)C(=O)N[C@@H](CC(C)C)C(=O)N[C@H](C(=O)NCC(N)=O)CSCC(=O)N[C@@H](Cc2ccccc2)C(=O)N(C)[C@@H](Cc2ccccc2)C(=O)N1C. The Bertz CT molecular complexity index is 5100. The molecule has 12 atom stereocenters. The van der Waals surface area contributed by atoms with Crippen molar-refractivity contribution in [2.24, 2.45) is 17.6 Å². The van der Waals surface area contributed by atoms with Gasteiger partial charge < -0.3 is 98.4 Å². The standard InChI is InChI=1S/C94H120N16O19S/c1-12-13-33-74-92(127)107(8)51-78(114)98-70(48-81(117)118)87(122)105-82(56(4)5)94(129)109(10)75(46-59-27-19-15-20-28-59)88(123)102-71(45-62-36-40-64(112)41-37-62)90(125)106(7)52-79(115)104-83(57(6)66-49-96-67-32-24-23-31-65(66)67)89(124)101-69(43-61-34-38-63(111)39-35-61)86(121)100-68(42-55(2)3)85(120)103-73(84(119)97-50-77(95)113)53-130-54-80(116)99-72(44-58-25-17-14-18-26-58)91(126)110(11)76(93(128)108(74)9)47-60-29-21-16-22-30-60/h14-32,34-41,49,55-57,68-76,82-83,96,111-112H,12-13,33,42-48,50-54H2,1-11H3,(H2,95,113)(H,97,119)(H,98,114)(H,99,116)(H,100,121)(H,101,124)(H,102,123)(H,103,120)(H,104,115)(H,105,122)(H,117,118)/t57-,68-,69-,70-,71-,72-,73-,74-,75-,76-,82-,83-/m0/s1. The number of thioether (sulfide) groups is 1. The molecule has 1 aliphatic rings. The molecule has 0 spiro atoms. The van der Waals surface area contributed by atoms with Gasteiger partial charge in [0.25, 0.3) is 0 Å². The van der Waals surface area contributed by atoms with Crippen LogP contribution in [0.25, 0.3) is 10.9 Å². The molecule has 1 aromatic heterocycles. The molecule has 8 rings (SSSR count). The van der Waals surface area contributed by atoms with Crippen molar-refractivity contribution < 1.29 is 92.0 Å². The van der Waals surface area contributed by atoms with E-state index in [9.17, 15) is 44.1 Å². The van der Waals surface area contributed by atoms with E-state index in [-0.39, 0.29) is 68.1 Å². The van der Waals surface area contributed by atoms with Crippen LogP contribution in [-0.4, -0.2) is 272 Å². The van der Waals surface area contributed by atoms with Crippen molar-refractivity contribution in [3.05, 3.63) is 203 Å². The Kier molecular flexibility index (Phi) is 38.4. The molecule has 36 heteroatoms. The molecule has 696 valence electrons. The monoisotopic (exact) mass is 1810 g/mol. The van der Waals surface area contributed by atoms with Crippen molar-refractivity contribution in [3.63, 3.8) is 0 Å². The number of likely N-dealkylation sites (N-methyl/N-ethyl adjacent to an activating group) is 5. The number of H-pyrrole nitrogens is 1. The Hall–Kier alpha value is -13.7. The number of rotatable bonds is 23. The van der Waals surface area contributed by atoms with Crippen molar-refractivity contribution in [2.75, 3.05) is 66.4 Å². The number of hydrogen-bond donors (Lipinski definition) is 14. The third kappa shape index (κ3) is 30.0. The number of unbranched alkanes of at least 4 members (excludes halogenated alkanes) is 1. The molecule has 7 aromatic rings. The zero-order valence-corrected chi connectivity index (χ0v) is 75.8. The smallest absolute Gasteiger partial charge is 0.305 e. The fraction of sp³-hybridized carbons (Fsp3) is 0.426. The van der Waals surface area contributed by atoms with Crippen molar-refractivity contribution in [2.45, 2.75) is 178 Å². The molecule has 1 saturated heterocycles. The van der Waals surface area contributed by atoms with E-state index in [0.29, 0.717) is 57.1 Å². The summed E-state index contributed by atoms with van der Waals surface area (Å²) in [4.78, 5) is 244. The third-order valence-electron chi connectivity index (χ3n) is 22.5. The summed E-state index contributed by atoms with van der Waals surface area (Å²) in [7, 11) is 6.54. The van der Waals surface area contributed by atoms with E-state index in [1.54, 1.807) is 156 Å². The summed E-state index contributed by atoms with van der Waals surface area (Å²) in [6.45, 7) is 7.81. The van der Waals surface area contributed by atoms with Crippen molar-refractivity contribution in [1.29, 1.82) is 0 Å². The number of para-hydroxylation sites is 1. The molecule has 0 saturated carbocycles. The van der Waals surface area contributed by atoms with Gasteiger partial charge in [-0.25, -0.2) is 0 Å². The normalized spacial score (nSPS) is 22.1. The number of carboxylic acids is 1. The fourth-order valence-corrected chi connectivity index (χ4v) is 16.1. The Balaban J connectivity index is 1.22. The zero-order valence-electron chi connectivity index (χ0n) is 75.0. The summed E-state index contributed by atoms with van der Waals surface area (Å²) in [5.74, 6) is -18.4. The molecular formula is C94H120N16O19S. The summed E-state index contributed by atoms with van der Waals surface area (Å²) in [6.07, 6.45) is 0.344. The molecule has 35 nitrogen and oxygen atoms in total. The van der Waals surface area contributed by atoms with E-state index in [1.165, 1.54) is 93.6 Å². The first-order chi connectivity index (χ1) is 61.8. The number of benzene rings is 6. The predicted octanol–water partition coefficient (Wildman–Crippen LogP) is 2.89. The molecule has 0 aliphatic carbocycles. The van der Waals surface area contributed by atoms with Crippen LogP contribution in [0.3, 0.4) is 0 Å². The number of aromatic hydroxyl groups is 2. The Morgan fingerprint density at radius 3 is 1.47 bits per heavy atom. The number of nitrogens with zero attached hydrogens (tertiary/aromatic N) is 5. The second kappa shape index (κ2) is 49.0. The number of aliphatic carboxylic acids is 1. The van der Waals surface area contributed by atoms with E-state index in [2.05, 4.69) is 52.8 Å². The first kappa shape index (κ1) is 102. The number of phenolic OH excluding ortho intramolecular Hbond substituents is 2. The van der Waals surface area contributed by atoms with Gasteiger partial charge in [0.2, 0.25) is 88.6 Å². The summed E-state index contributed by atoms with van der Waals surface area (Å²) in [5.41, 5.74) is 9.12. The van der Waals surface area contributed by atoms with Gasteiger partial charge in [-0.05, 0) is 88.4 Å². The molecular weight excluding hydrogens is 1690 g/mol. The lowest BCUT2D eigenvalue weighted by atomic mass is 9.91. The van der Waals surface area contributed by atoms with E-state index in [4.69, 9.17) is 5.73 Å². The number of carboxylic acid groups (broad SMARTS) is 1. The van der Waals surface area contributed by atoms with Gasteiger partial charge in [-0.2, -0.15) is 0 Å². The molecule has 15 N–H and O–H groups in total. The highest BCUT2D eigenvalue weighted by Gasteiger charge is 2.43. The van der Waals surface area contributed by atoms with Gasteiger partial charge in [0.15, 0.2) is 0 Å². The lowest BCUT2D eigenvalue weighted by Crippen LogP contribution is -2.61. The van der Waals surface area contributed by atoms with Gasteiger partial charge in [-0.3, -0.25) is 76.7 Å². The van der Waals surface area contributed by atoms with Crippen LogP contribution < -0.4 is 53.6 Å². The van der Waals surface area contributed by atoms with E-state index < -0.39 is 205 Å². The summed E-state index contributed by atoms with van der Waals surface area (Å²) in [6, 6.07) is 27.2. The molecule has 0 radical (unpaired) electrons. The second-order valence-electron chi connectivity index (χ2n) is 33.5. The van der Waals surface area contributed by atoms with Crippen LogP contribution in [-0.2, 0) is 109 Å². The quantitative estimate of drug-likeness (QED) is 0.0438. The average Bonchev–Trinajstić information content (AvgIpc) is 1.25. The average molecular weight is 1810 g/mol.